The molecule has 0 aliphatic carbocycles. The van der Waals surface area contributed by atoms with E-state index in [0.29, 0.717) is 6.54 Å². The van der Waals surface area contributed by atoms with Crippen molar-refractivity contribution in [2.45, 2.75) is 12.8 Å². The number of carbonyl (C=O) groups is 1. The maximum atomic E-state index is 12.1. The van der Waals surface area contributed by atoms with Crippen LogP contribution < -0.4 is 11.1 Å². The number of non-ortho nitro benzene ring substituents is 1. The third-order valence-electron chi connectivity index (χ3n) is 3.48. The number of nitrogens with zero attached hydrogens (tertiary/aromatic N) is 2. The van der Waals surface area contributed by atoms with Crippen LogP contribution in [0.3, 0.4) is 0 Å². The number of rotatable bonds is 5. The number of nitrogens with two attached hydrogens (primary N) is 1. The van der Waals surface area contributed by atoms with E-state index in [1.165, 1.54) is 12.8 Å². The Balaban J connectivity index is 2.02. The predicted octanol–water partition coefficient (Wildman–Crippen LogP) is 1.66. The van der Waals surface area contributed by atoms with Crippen molar-refractivity contribution >= 4 is 28.9 Å². The average Bonchev–Trinajstić information content (AvgIpc) is 2.94. The van der Waals surface area contributed by atoms with Gasteiger partial charge in [0.15, 0.2) is 0 Å². The zero-order valence-electron chi connectivity index (χ0n) is 11.5. The van der Waals surface area contributed by atoms with E-state index >= 15 is 0 Å². The molecule has 0 atom stereocenters. The lowest BCUT2D eigenvalue weighted by atomic mass is 10.1. The van der Waals surface area contributed by atoms with E-state index in [1.54, 1.807) is 0 Å². The van der Waals surface area contributed by atoms with E-state index < -0.39 is 10.8 Å². The Morgan fingerprint density at radius 3 is 2.71 bits per heavy atom. The van der Waals surface area contributed by atoms with Crippen LogP contribution in [0.25, 0.3) is 0 Å². The maximum absolute atomic E-state index is 12.1. The van der Waals surface area contributed by atoms with Crippen molar-refractivity contribution in [3.05, 3.63) is 32.8 Å². The number of nitro benzene ring substituents is 1. The molecule has 8 heteroatoms. The number of nitrogen functional groups attached to an aromatic ring is 1. The fraction of sp³-hybridized carbons (Fsp3) is 0.462. The molecule has 1 aromatic carbocycles. The zero-order chi connectivity index (χ0) is 15.4. The number of halogens is 1. The van der Waals surface area contributed by atoms with E-state index in [9.17, 15) is 14.9 Å². The summed E-state index contributed by atoms with van der Waals surface area (Å²) in [5.74, 6) is -0.447. The fourth-order valence-corrected chi connectivity index (χ4v) is 2.54. The van der Waals surface area contributed by atoms with Crippen molar-refractivity contribution in [2.24, 2.45) is 0 Å². The van der Waals surface area contributed by atoms with Crippen molar-refractivity contribution in [2.75, 3.05) is 31.9 Å². The monoisotopic (exact) mass is 312 g/mol. The highest BCUT2D eigenvalue weighted by molar-refractivity contribution is 6.34. The molecule has 21 heavy (non-hydrogen) atoms. The maximum Gasteiger partial charge on any atom is 0.271 e. The van der Waals surface area contributed by atoms with Gasteiger partial charge in [0.1, 0.15) is 0 Å². The van der Waals surface area contributed by atoms with Crippen molar-refractivity contribution in [1.29, 1.82) is 0 Å². The number of hydrogen-bond donors (Lipinski definition) is 2. The van der Waals surface area contributed by atoms with Crippen LogP contribution in [0, 0.1) is 10.1 Å². The number of hydrogen-bond acceptors (Lipinski definition) is 5. The first kappa shape index (κ1) is 15.5. The molecule has 1 heterocycles. The van der Waals surface area contributed by atoms with Crippen LogP contribution >= 0.6 is 11.6 Å². The number of amides is 1. The number of benzene rings is 1. The standard InChI is InChI=1S/C13H17ClN4O3/c14-11-8-9(18(20)21)7-10(12(11)15)13(19)16-3-6-17-4-1-2-5-17/h7-8H,1-6,15H2,(H,16,19). The minimum Gasteiger partial charge on any atom is -0.397 e. The van der Waals surface area contributed by atoms with Gasteiger partial charge < -0.3 is 16.0 Å². The second kappa shape index (κ2) is 6.73. The van der Waals surface area contributed by atoms with Crippen LogP contribution in [0.15, 0.2) is 12.1 Å². The Morgan fingerprint density at radius 1 is 1.43 bits per heavy atom. The van der Waals surface area contributed by atoms with Crippen LogP contribution in [0.1, 0.15) is 23.2 Å². The lowest BCUT2D eigenvalue weighted by Gasteiger charge is -2.15. The van der Waals surface area contributed by atoms with Gasteiger partial charge in [-0.3, -0.25) is 14.9 Å². The molecule has 1 fully saturated rings. The topological polar surface area (TPSA) is 101 Å². The van der Waals surface area contributed by atoms with Gasteiger partial charge in [-0.25, -0.2) is 0 Å². The summed E-state index contributed by atoms with van der Waals surface area (Å²) in [6.07, 6.45) is 2.36. The predicted molar refractivity (Wildman–Crippen MR) is 80.5 cm³/mol. The molecular formula is C13H17ClN4O3. The Hall–Kier alpha value is -1.86. The van der Waals surface area contributed by atoms with E-state index in [2.05, 4.69) is 10.2 Å². The van der Waals surface area contributed by atoms with Gasteiger partial charge in [0.05, 0.1) is 21.2 Å². The molecule has 0 aromatic heterocycles. The Morgan fingerprint density at radius 2 is 2.10 bits per heavy atom. The van der Waals surface area contributed by atoms with Gasteiger partial charge in [0, 0.05) is 25.2 Å². The Bertz CT molecular complexity index is 559. The SMILES string of the molecule is Nc1c(Cl)cc([N+](=O)[O-])cc1C(=O)NCCN1CCCC1. The molecule has 0 saturated carbocycles. The number of nitro groups is 1. The summed E-state index contributed by atoms with van der Waals surface area (Å²) < 4.78 is 0. The summed E-state index contributed by atoms with van der Waals surface area (Å²) in [5.41, 5.74) is 5.56. The van der Waals surface area contributed by atoms with Crippen molar-refractivity contribution in [3.63, 3.8) is 0 Å². The molecule has 1 aliphatic rings. The zero-order valence-corrected chi connectivity index (χ0v) is 12.2. The molecule has 0 radical (unpaired) electrons. The first-order valence-electron chi connectivity index (χ1n) is 6.73. The van der Waals surface area contributed by atoms with E-state index in [-0.39, 0.29) is 22.0 Å². The summed E-state index contributed by atoms with van der Waals surface area (Å²) in [4.78, 5) is 24.5. The highest BCUT2D eigenvalue weighted by Crippen LogP contribution is 2.28. The van der Waals surface area contributed by atoms with Gasteiger partial charge >= 0.3 is 0 Å². The van der Waals surface area contributed by atoms with Crippen LogP contribution in [0.4, 0.5) is 11.4 Å². The third kappa shape index (κ3) is 3.83. The third-order valence-corrected chi connectivity index (χ3v) is 3.79. The summed E-state index contributed by atoms with van der Waals surface area (Å²) >= 11 is 5.83. The lowest BCUT2D eigenvalue weighted by Crippen LogP contribution is -2.33. The summed E-state index contributed by atoms with van der Waals surface area (Å²) in [6.45, 7) is 3.31. The fourth-order valence-electron chi connectivity index (χ4n) is 2.33. The number of anilines is 1. The molecule has 0 spiro atoms. The number of likely N-dealkylation sites (tertiary alicyclic amines) is 1. The average molecular weight is 313 g/mol. The Kier molecular flexibility index (Phi) is 4.98. The molecule has 114 valence electrons. The number of nitrogens with one attached hydrogen (secondary N) is 1. The van der Waals surface area contributed by atoms with Gasteiger partial charge in [0.2, 0.25) is 0 Å². The minimum absolute atomic E-state index is 0.00823. The van der Waals surface area contributed by atoms with Crippen LogP contribution in [-0.2, 0) is 0 Å². The molecule has 7 nitrogen and oxygen atoms in total. The first-order valence-corrected chi connectivity index (χ1v) is 7.11. The van der Waals surface area contributed by atoms with Gasteiger partial charge in [-0.2, -0.15) is 0 Å². The van der Waals surface area contributed by atoms with Gasteiger partial charge in [-0.05, 0) is 25.9 Å². The van der Waals surface area contributed by atoms with Crippen LogP contribution in [-0.4, -0.2) is 41.9 Å². The molecular weight excluding hydrogens is 296 g/mol. The van der Waals surface area contributed by atoms with Gasteiger partial charge in [0.25, 0.3) is 11.6 Å². The van der Waals surface area contributed by atoms with Gasteiger partial charge in [-0.15, -0.1) is 0 Å². The highest BCUT2D eigenvalue weighted by atomic mass is 35.5. The largest absolute Gasteiger partial charge is 0.397 e. The normalized spacial score (nSPS) is 15.1. The Labute approximate surface area is 127 Å². The molecule has 0 unspecified atom stereocenters. The second-order valence-electron chi connectivity index (χ2n) is 4.95. The smallest absolute Gasteiger partial charge is 0.271 e. The van der Waals surface area contributed by atoms with Crippen molar-refractivity contribution in [3.8, 4) is 0 Å². The van der Waals surface area contributed by atoms with E-state index in [0.717, 1.165) is 31.8 Å². The minimum atomic E-state index is -0.605. The molecule has 2 rings (SSSR count). The molecule has 1 saturated heterocycles. The van der Waals surface area contributed by atoms with Crippen LogP contribution in [0.5, 0.6) is 0 Å². The van der Waals surface area contributed by atoms with Crippen molar-refractivity contribution < 1.29 is 9.72 Å². The highest BCUT2D eigenvalue weighted by Gasteiger charge is 2.19. The quantitative estimate of drug-likeness (QED) is 0.489. The summed E-state index contributed by atoms with van der Waals surface area (Å²) in [5, 5.41) is 13.5. The lowest BCUT2D eigenvalue weighted by molar-refractivity contribution is -0.384. The molecule has 0 bridgehead atoms. The van der Waals surface area contributed by atoms with E-state index in [1.807, 2.05) is 0 Å². The molecule has 1 aromatic rings. The molecule has 1 aliphatic heterocycles. The van der Waals surface area contributed by atoms with Crippen molar-refractivity contribution in [1.82, 2.24) is 10.2 Å². The summed E-state index contributed by atoms with van der Waals surface area (Å²) in [6, 6.07) is 2.28. The summed E-state index contributed by atoms with van der Waals surface area (Å²) in [7, 11) is 0. The molecule has 1 amide bonds. The van der Waals surface area contributed by atoms with Crippen LogP contribution in [0.2, 0.25) is 5.02 Å². The van der Waals surface area contributed by atoms with Gasteiger partial charge in [-0.1, -0.05) is 11.6 Å². The first-order chi connectivity index (χ1) is 9.99. The molecule has 3 N–H and O–H groups in total. The number of carbonyl (C=O) groups excluding carboxylic acids is 1. The van der Waals surface area contributed by atoms with E-state index in [4.69, 9.17) is 17.3 Å². The second-order valence-corrected chi connectivity index (χ2v) is 5.36.